The van der Waals surface area contributed by atoms with Crippen molar-refractivity contribution in [2.24, 2.45) is 0 Å². The SMILES string of the molecule is CC(C)(C)c1cc(N2CN(c3cccc(Oc4ccc5c6ccccc6n(-c6cc(C(C)(C)C)ccn6)c5c4)c3)c3ccc(-c4ccccc4)cc32)cc(C(C)(C)C)c1. The molecule has 0 aliphatic carbocycles. The molecule has 8 aromatic rings. The monoisotopic (exact) mass is 774 g/mol. The second-order valence-electron chi connectivity index (χ2n) is 19.1. The number of nitrogens with zero attached hydrogens (tertiary/aromatic N) is 4. The standard InChI is InChI=1S/C54H54N4O/c1-52(2,3)38-26-27-55-51(32-38)58-47-21-14-13-20-45(47)46-24-23-44(34-49(46)58)59-43-19-15-18-41(33-43)56-35-57(42-30-39(53(4,5)6)29-40(31-42)54(7,8)9)50-28-37(22-25-48(50)56)36-16-11-10-12-17-36/h10-34H,35H2,1-9H3. The minimum atomic E-state index is -0.00135. The Balaban J connectivity index is 1.11. The second-order valence-corrected chi connectivity index (χ2v) is 19.1. The Kier molecular flexibility index (Phi) is 9.19. The predicted molar refractivity (Wildman–Crippen MR) is 249 cm³/mol. The Morgan fingerprint density at radius 2 is 1.12 bits per heavy atom. The summed E-state index contributed by atoms with van der Waals surface area (Å²) in [5.74, 6) is 2.46. The zero-order valence-electron chi connectivity index (χ0n) is 35.8. The van der Waals surface area contributed by atoms with Gasteiger partial charge in [-0.2, -0.15) is 0 Å². The van der Waals surface area contributed by atoms with Gasteiger partial charge >= 0.3 is 0 Å². The second kappa shape index (κ2) is 14.2. The molecule has 0 amide bonds. The number of rotatable bonds is 6. The van der Waals surface area contributed by atoms with Gasteiger partial charge in [0, 0.05) is 40.5 Å². The lowest BCUT2D eigenvalue weighted by Crippen LogP contribution is -2.25. The van der Waals surface area contributed by atoms with E-state index in [1.165, 1.54) is 50.0 Å². The Morgan fingerprint density at radius 3 is 1.85 bits per heavy atom. The maximum absolute atomic E-state index is 6.76. The van der Waals surface area contributed by atoms with Gasteiger partial charge in [0.25, 0.3) is 0 Å². The molecule has 5 nitrogen and oxygen atoms in total. The van der Waals surface area contributed by atoms with Crippen LogP contribution in [-0.4, -0.2) is 16.2 Å². The summed E-state index contributed by atoms with van der Waals surface area (Å²) in [6.45, 7) is 21.2. The lowest BCUT2D eigenvalue weighted by molar-refractivity contribution is 0.483. The molecule has 1 aliphatic rings. The van der Waals surface area contributed by atoms with Crippen LogP contribution in [0.3, 0.4) is 0 Å². The first-order valence-electron chi connectivity index (χ1n) is 20.8. The van der Waals surface area contributed by atoms with Crippen LogP contribution >= 0.6 is 0 Å². The van der Waals surface area contributed by atoms with Gasteiger partial charge in [-0.1, -0.05) is 129 Å². The Bertz CT molecular complexity index is 2820. The summed E-state index contributed by atoms with van der Waals surface area (Å²) in [6, 6.07) is 52.5. The number of anilines is 4. The highest BCUT2D eigenvalue weighted by Crippen LogP contribution is 2.48. The average molecular weight is 775 g/mol. The van der Waals surface area contributed by atoms with Gasteiger partial charge in [-0.15, -0.1) is 0 Å². The van der Waals surface area contributed by atoms with E-state index in [2.05, 4.69) is 216 Å². The molecule has 0 bridgehead atoms. The minimum absolute atomic E-state index is 0.000159. The number of fused-ring (bicyclic) bond motifs is 4. The fraction of sp³-hybridized carbons (Fsp3) is 0.241. The van der Waals surface area contributed by atoms with Gasteiger partial charge in [0.2, 0.25) is 0 Å². The van der Waals surface area contributed by atoms with Crippen LogP contribution in [0.25, 0.3) is 38.8 Å². The van der Waals surface area contributed by atoms with Gasteiger partial charge in [0.05, 0.1) is 22.4 Å². The quantitative estimate of drug-likeness (QED) is 0.168. The highest BCUT2D eigenvalue weighted by Gasteiger charge is 2.31. The van der Waals surface area contributed by atoms with Crippen LogP contribution in [0.5, 0.6) is 11.5 Å². The predicted octanol–water partition coefficient (Wildman–Crippen LogP) is 14.8. The molecule has 0 N–H and O–H groups in total. The molecule has 59 heavy (non-hydrogen) atoms. The molecule has 0 unspecified atom stereocenters. The van der Waals surface area contributed by atoms with Gasteiger partial charge in [-0.05, 0) is 111 Å². The van der Waals surface area contributed by atoms with E-state index in [1.807, 2.05) is 12.3 Å². The molecule has 5 heteroatoms. The van der Waals surface area contributed by atoms with E-state index in [-0.39, 0.29) is 16.2 Å². The number of para-hydroxylation sites is 1. The fourth-order valence-corrected chi connectivity index (χ4v) is 8.27. The molecule has 1 aliphatic heterocycles. The number of hydrogen-bond acceptors (Lipinski definition) is 4. The molecular formula is C54H54N4O. The van der Waals surface area contributed by atoms with Crippen molar-refractivity contribution in [2.75, 3.05) is 16.5 Å². The summed E-state index contributed by atoms with van der Waals surface area (Å²) in [4.78, 5) is 9.77. The van der Waals surface area contributed by atoms with Crippen molar-refractivity contribution in [3.8, 4) is 28.4 Å². The number of hydrogen-bond donors (Lipinski definition) is 0. The van der Waals surface area contributed by atoms with Crippen molar-refractivity contribution in [1.82, 2.24) is 9.55 Å². The molecular weight excluding hydrogens is 721 g/mol. The van der Waals surface area contributed by atoms with Crippen molar-refractivity contribution in [1.29, 1.82) is 0 Å². The molecule has 0 spiro atoms. The fourth-order valence-electron chi connectivity index (χ4n) is 8.27. The summed E-state index contributed by atoms with van der Waals surface area (Å²) in [7, 11) is 0. The molecule has 296 valence electrons. The normalized spacial score (nSPS) is 13.4. The van der Waals surface area contributed by atoms with Gasteiger partial charge in [-0.3, -0.25) is 4.57 Å². The van der Waals surface area contributed by atoms with Crippen molar-refractivity contribution in [3.63, 3.8) is 0 Å². The summed E-state index contributed by atoms with van der Waals surface area (Å²) in [5.41, 5.74) is 13.1. The lowest BCUT2D eigenvalue weighted by Gasteiger charge is -2.29. The summed E-state index contributed by atoms with van der Waals surface area (Å²) >= 11 is 0. The molecule has 0 saturated heterocycles. The first kappa shape index (κ1) is 38.2. The van der Waals surface area contributed by atoms with E-state index >= 15 is 0 Å². The van der Waals surface area contributed by atoms with Crippen LogP contribution in [0.15, 0.2) is 152 Å². The highest BCUT2D eigenvalue weighted by atomic mass is 16.5. The van der Waals surface area contributed by atoms with Crippen LogP contribution in [-0.2, 0) is 16.2 Å². The van der Waals surface area contributed by atoms with Crippen molar-refractivity contribution < 1.29 is 4.74 Å². The Labute approximate surface area is 349 Å². The van der Waals surface area contributed by atoms with Crippen LogP contribution in [0.4, 0.5) is 22.7 Å². The maximum Gasteiger partial charge on any atom is 0.137 e. The van der Waals surface area contributed by atoms with E-state index < -0.39 is 0 Å². The third kappa shape index (κ3) is 7.24. The van der Waals surface area contributed by atoms with Crippen LogP contribution < -0.4 is 14.5 Å². The topological polar surface area (TPSA) is 33.5 Å². The van der Waals surface area contributed by atoms with Crippen molar-refractivity contribution in [2.45, 2.75) is 78.6 Å². The molecule has 6 aromatic carbocycles. The van der Waals surface area contributed by atoms with Crippen LogP contribution in [0, 0.1) is 0 Å². The van der Waals surface area contributed by atoms with Crippen molar-refractivity contribution in [3.05, 3.63) is 168 Å². The molecule has 0 radical (unpaired) electrons. The summed E-state index contributed by atoms with van der Waals surface area (Å²) < 4.78 is 9.03. The van der Waals surface area contributed by atoms with E-state index in [0.29, 0.717) is 6.67 Å². The largest absolute Gasteiger partial charge is 0.457 e. The molecule has 2 aromatic heterocycles. The van der Waals surface area contributed by atoms with E-state index in [0.717, 1.165) is 39.7 Å². The molecule has 0 saturated carbocycles. The van der Waals surface area contributed by atoms with Gasteiger partial charge in [0.15, 0.2) is 0 Å². The van der Waals surface area contributed by atoms with E-state index in [1.54, 1.807) is 0 Å². The lowest BCUT2D eigenvalue weighted by atomic mass is 9.80. The highest BCUT2D eigenvalue weighted by molar-refractivity contribution is 6.09. The number of aromatic nitrogens is 2. The van der Waals surface area contributed by atoms with Gasteiger partial charge < -0.3 is 14.5 Å². The number of benzene rings is 6. The summed E-state index contributed by atoms with van der Waals surface area (Å²) in [5, 5.41) is 2.35. The zero-order valence-corrected chi connectivity index (χ0v) is 35.8. The van der Waals surface area contributed by atoms with Gasteiger partial charge in [0.1, 0.15) is 24.0 Å². The minimum Gasteiger partial charge on any atom is -0.457 e. The Hall–Kier alpha value is -6.33. The smallest absolute Gasteiger partial charge is 0.137 e. The molecule has 0 fully saturated rings. The van der Waals surface area contributed by atoms with E-state index in [4.69, 9.17) is 9.72 Å². The third-order valence-electron chi connectivity index (χ3n) is 11.8. The van der Waals surface area contributed by atoms with Gasteiger partial charge in [-0.25, -0.2) is 4.98 Å². The first-order chi connectivity index (χ1) is 28.1. The van der Waals surface area contributed by atoms with Crippen LogP contribution in [0.2, 0.25) is 0 Å². The maximum atomic E-state index is 6.76. The average Bonchev–Trinajstić information content (AvgIpc) is 3.76. The first-order valence-corrected chi connectivity index (χ1v) is 20.8. The third-order valence-corrected chi connectivity index (χ3v) is 11.8. The van der Waals surface area contributed by atoms with Crippen LogP contribution in [0.1, 0.15) is 79.0 Å². The molecule has 3 heterocycles. The summed E-state index contributed by atoms with van der Waals surface area (Å²) in [6.07, 6.45) is 1.92. The number of ether oxygens (including phenoxy) is 1. The zero-order chi connectivity index (χ0) is 41.3. The van der Waals surface area contributed by atoms with E-state index in [9.17, 15) is 0 Å². The molecule has 0 atom stereocenters. The molecule has 9 rings (SSSR count). The Morgan fingerprint density at radius 1 is 0.458 bits per heavy atom. The van der Waals surface area contributed by atoms with Crippen molar-refractivity contribution >= 4 is 44.6 Å². The number of pyridine rings is 1.